The summed E-state index contributed by atoms with van der Waals surface area (Å²) in [6.45, 7) is 0. The van der Waals surface area contributed by atoms with Gasteiger partial charge in [-0.05, 0) is 159 Å². The van der Waals surface area contributed by atoms with E-state index < -0.39 is 0 Å². The maximum atomic E-state index is 1.68. The van der Waals surface area contributed by atoms with E-state index >= 15 is 0 Å². The summed E-state index contributed by atoms with van der Waals surface area (Å²) in [4.78, 5) is 0. The van der Waals surface area contributed by atoms with E-state index in [2.05, 4.69) is 0 Å². The third-order valence-corrected chi connectivity index (χ3v) is 13.5. The van der Waals surface area contributed by atoms with Gasteiger partial charge in [-0.2, -0.15) is 0 Å². The molecule has 11 aliphatic rings. The van der Waals surface area contributed by atoms with Crippen LogP contribution in [0.15, 0.2) is 0 Å². The molecule has 11 aliphatic carbocycles. The molecule has 0 heterocycles. The molecule has 11 saturated carbocycles. The summed E-state index contributed by atoms with van der Waals surface area (Å²) in [7, 11) is 0. The molecule has 0 aromatic heterocycles. The number of rotatable bonds is 0. The van der Waals surface area contributed by atoms with Crippen LogP contribution in [0.4, 0.5) is 0 Å². The summed E-state index contributed by atoms with van der Waals surface area (Å²) < 4.78 is 0. The minimum absolute atomic E-state index is 1.20. The smallest absolute Gasteiger partial charge is 0.0315 e. The third-order valence-electron chi connectivity index (χ3n) is 13.5. The second kappa shape index (κ2) is 4.28. The Morgan fingerprint density at radius 1 is 0.269 bits per heavy atom. The van der Waals surface area contributed by atoms with E-state index in [-0.39, 0.29) is 0 Å². The summed E-state index contributed by atoms with van der Waals surface area (Å²) in [6.07, 6.45) is 16.6. The van der Waals surface area contributed by atoms with Gasteiger partial charge in [-0.1, -0.05) is 0 Å². The van der Waals surface area contributed by atoms with Crippen molar-refractivity contribution in [2.24, 2.45) is 94.7 Å². The van der Waals surface area contributed by atoms with Crippen LogP contribution in [0.5, 0.6) is 0 Å². The predicted octanol–water partition coefficient (Wildman–Crippen LogP) is 5.87. The van der Waals surface area contributed by atoms with Crippen LogP contribution in [0, 0.1) is 94.7 Å². The molecule has 8 bridgehead atoms. The molecule has 0 aromatic carbocycles. The summed E-state index contributed by atoms with van der Waals surface area (Å²) >= 11 is 0. The first-order valence-electron chi connectivity index (χ1n) is 12.9. The first kappa shape index (κ1) is 14.1. The molecule has 0 amide bonds. The molecule has 0 N–H and O–H groups in total. The Balaban J connectivity index is 1.16. The minimum atomic E-state index is 1.20. The molecule has 11 rings (SSSR count). The predicted molar refractivity (Wildman–Crippen MR) is 102 cm³/mol. The summed E-state index contributed by atoms with van der Waals surface area (Å²) in [5.41, 5.74) is 0. The zero-order chi connectivity index (χ0) is 16.3. The first-order chi connectivity index (χ1) is 12.9. The van der Waals surface area contributed by atoms with Crippen molar-refractivity contribution >= 4 is 0 Å². The lowest BCUT2D eigenvalue weighted by atomic mass is 9.28. The Labute approximate surface area is 159 Å². The molecule has 0 nitrogen and oxygen atoms in total. The molecule has 12 unspecified atom stereocenters. The summed E-state index contributed by atoms with van der Waals surface area (Å²) in [5.74, 6) is 19.7. The van der Waals surface area contributed by atoms with Crippen molar-refractivity contribution in [3.8, 4) is 0 Å². The Morgan fingerprint density at radius 3 is 0.808 bits per heavy atom. The minimum Gasteiger partial charge on any atom is -0.0499 e. The molecule has 0 heteroatoms. The van der Waals surface area contributed by atoms with Gasteiger partial charge in [0.05, 0.1) is 0 Å². The highest BCUT2D eigenvalue weighted by Crippen LogP contribution is 2.81. The molecule has 0 radical (unpaired) electrons. The molecule has 140 valence electrons. The number of fused-ring (bicyclic) bond motifs is 6. The maximum absolute atomic E-state index is 1.68. The van der Waals surface area contributed by atoms with Gasteiger partial charge in [0.15, 0.2) is 0 Å². The molecule has 0 saturated heterocycles. The fraction of sp³-hybridized carbons (Fsp3) is 1.00. The molecular formula is C26H36. The molecule has 0 aliphatic heterocycles. The molecule has 0 spiro atoms. The van der Waals surface area contributed by atoms with Crippen molar-refractivity contribution in [3.05, 3.63) is 0 Å². The van der Waals surface area contributed by atoms with E-state index in [1.54, 1.807) is 64.2 Å². The average molecular weight is 349 g/mol. The molecule has 12 atom stereocenters. The van der Waals surface area contributed by atoms with Crippen molar-refractivity contribution in [3.63, 3.8) is 0 Å². The summed E-state index contributed by atoms with van der Waals surface area (Å²) in [5, 5.41) is 0. The Bertz CT molecular complexity index is 558. The highest BCUT2D eigenvalue weighted by molar-refractivity contribution is 5.23. The highest BCUT2D eigenvalue weighted by Gasteiger charge is 2.75. The molecule has 11 fully saturated rings. The largest absolute Gasteiger partial charge is 0.0499 e. The zero-order valence-corrected chi connectivity index (χ0v) is 16.3. The van der Waals surface area contributed by atoms with E-state index in [1.807, 2.05) is 0 Å². The first-order valence-corrected chi connectivity index (χ1v) is 12.9. The number of hydrogen-bond acceptors (Lipinski definition) is 0. The highest BCUT2D eigenvalue weighted by atomic mass is 14.8. The van der Waals surface area contributed by atoms with E-state index in [4.69, 9.17) is 0 Å². The molecular weight excluding hydrogens is 312 g/mol. The van der Waals surface area contributed by atoms with Crippen LogP contribution in [0.1, 0.15) is 64.2 Å². The Hall–Kier alpha value is 0. The second-order valence-electron chi connectivity index (χ2n) is 13.1. The van der Waals surface area contributed by atoms with Crippen LogP contribution in [0.25, 0.3) is 0 Å². The number of hydrogen-bond donors (Lipinski definition) is 0. The molecule has 26 heavy (non-hydrogen) atoms. The topological polar surface area (TPSA) is 0 Å². The standard InChI is InChI=1S/C26H36/c1-2-12-9-11(1)19-15-5-6-16(20(12)19)24-23(15)25-17-7-8-18(26(24)25)22-14-4-3-13(10-14)21(17)22/h11-26H,1-10H2. The van der Waals surface area contributed by atoms with Crippen LogP contribution < -0.4 is 0 Å². The normalized spacial score (nSPS) is 75.7. The van der Waals surface area contributed by atoms with Gasteiger partial charge >= 0.3 is 0 Å². The van der Waals surface area contributed by atoms with Gasteiger partial charge in [0.2, 0.25) is 0 Å². The SMILES string of the molecule is C1CC2CC1C1C3CCC(C21)C1C3C2C3CCC(C4C5CCC(C5)C34)C12. The van der Waals surface area contributed by atoms with Crippen molar-refractivity contribution in [2.75, 3.05) is 0 Å². The third kappa shape index (κ3) is 1.27. The fourth-order valence-electron chi connectivity index (χ4n) is 13.8. The molecule has 0 aromatic rings. The Morgan fingerprint density at radius 2 is 0.538 bits per heavy atom. The van der Waals surface area contributed by atoms with Gasteiger partial charge in [-0.15, -0.1) is 0 Å². The Kier molecular flexibility index (Phi) is 2.31. The van der Waals surface area contributed by atoms with Crippen molar-refractivity contribution in [2.45, 2.75) is 64.2 Å². The van der Waals surface area contributed by atoms with Crippen LogP contribution in [0.2, 0.25) is 0 Å². The van der Waals surface area contributed by atoms with Gasteiger partial charge < -0.3 is 0 Å². The van der Waals surface area contributed by atoms with E-state index in [0.29, 0.717) is 0 Å². The van der Waals surface area contributed by atoms with E-state index in [9.17, 15) is 0 Å². The quantitative estimate of drug-likeness (QED) is 0.513. The lowest BCUT2D eigenvalue weighted by Crippen LogP contribution is -2.72. The average Bonchev–Trinajstić information content (AvgIpc) is 3.45. The van der Waals surface area contributed by atoms with E-state index in [1.165, 1.54) is 94.7 Å². The van der Waals surface area contributed by atoms with Gasteiger partial charge in [0.25, 0.3) is 0 Å². The van der Waals surface area contributed by atoms with Crippen LogP contribution in [-0.4, -0.2) is 0 Å². The second-order valence-corrected chi connectivity index (χ2v) is 13.1. The monoisotopic (exact) mass is 348 g/mol. The van der Waals surface area contributed by atoms with Crippen molar-refractivity contribution in [1.29, 1.82) is 0 Å². The van der Waals surface area contributed by atoms with Gasteiger partial charge in [0, 0.05) is 0 Å². The lowest BCUT2D eigenvalue weighted by molar-refractivity contribution is -0.291. The van der Waals surface area contributed by atoms with Crippen molar-refractivity contribution in [1.82, 2.24) is 0 Å². The lowest BCUT2D eigenvalue weighted by Gasteiger charge is -2.76. The zero-order valence-electron chi connectivity index (χ0n) is 16.3. The van der Waals surface area contributed by atoms with E-state index in [0.717, 1.165) is 0 Å². The van der Waals surface area contributed by atoms with Crippen LogP contribution in [-0.2, 0) is 0 Å². The van der Waals surface area contributed by atoms with Gasteiger partial charge in [0.1, 0.15) is 0 Å². The van der Waals surface area contributed by atoms with Crippen LogP contribution >= 0.6 is 0 Å². The van der Waals surface area contributed by atoms with Crippen LogP contribution in [0.3, 0.4) is 0 Å². The summed E-state index contributed by atoms with van der Waals surface area (Å²) in [6, 6.07) is 0. The van der Waals surface area contributed by atoms with Gasteiger partial charge in [-0.25, -0.2) is 0 Å². The maximum Gasteiger partial charge on any atom is -0.0315 e. The fourth-order valence-corrected chi connectivity index (χ4v) is 13.8. The van der Waals surface area contributed by atoms with Crippen molar-refractivity contribution < 1.29 is 0 Å². The van der Waals surface area contributed by atoms with Gasteiger partial charge in [-0.3, -0.25) is 0 Å².